The van der Waals surface area contributed by atoms with Gasteiger partial charge in [0.15, 0.2) is 12.3 Å². The van der Waals surface area contributed by atoms with Gasteiger partial charge in [0, 0.05) is 6.42 Å². The van der Waals surface area contributed by atoms with Crippen LogP contribution in [0.2, 0.25) is 0 Å². The molecule has 0 saturated carbocycles. The average Bonchev–Trinajstić information content (AvgIpc) is 2.94. The largest absolute Gasteiger partial charge is 0.482 e. The molecule has 0 saturated heterocycles. The van der Waals surface area contributed by atoms with Crippen LogP contribution < -0.4 is 0 Å². The quantitative estimate of drug-likeness (QED) is 0.717. The summed E-state index contributed by atoms with van der Waals surface area (Å²) in [6.45, 7) is 3.82. The van der Waals surface area contributed by atoms with Crippen LogP contribution in [0.15, 0.2) is 21.9 Å². The topological polar surface area (TPSA) is 47.6 Å². The molecular weight excluding hydrogens is 192 g/mol. The Labute approximate surface area is 90.4 Å². The molecule has 0 radical (unpaired) electrons. The summed E-state index contributed by atoms with van der Waals surface area (Å²) in [7, 11) is 0. The molecule has 0 fully saturated rings. The highest BCUT2D eigenvalue weighted by Crippen LogP contribution is 2.02. The molecule has 1 aromatic heterocycles. The molecular formula is C11H18N2O2. The standard InChI is InChI=1S/C8H13NO.C3H5NO/c1-2-3-4-5-8-9-6-7-10-8;1-2-5-3-4-1/h6-7H,2-5H2,1H3;3H,1-2H2. The molecule has 0 unspecified atom stereocenters. The van der Waals surface area contributed by atoms with Crippen LogP contribution in [0.4, 0.5) is 0 Å². The van der Waals surface area contributed by atoms with E-state index in [4.69, 9.17) is 4.42 Å². The number of oxazole rings is 1. The van der Waals surface area contributed by atoms with Crippen molar-refractivity contribution in [3.05, 3.63) is 18.4 Å². The van der Waals surface area contributed by atoms with Gasteiger partial charge in [-0.15, -0.1) is 0 Å². The van der Waals surface area contributed by atoms with Crippen LogP contribution in [0.3, 0.4) is 0 Å². The molecule has 1 aliphatic heterocycles. The first-order valence-corrected chi connectivity index (χ1v) is 5.41. The van der Waals surface area contributed by atoms with Crippen LogP contribution in [0.1, 0.15) is 32.1 Å². The highest BCUT2D eigenvalue weighted by Gasteiger charge is 1.94. The summed E-state index contributed by atoms with van der Waals surface area (Å²) in [6.07, 6.45) is 9.50. The van der Waals surface area contributed by atoms with Gasteiger partial charge < -0.3 is 9.15 Å². The first-order chi connectivity index (χ1) is 7.43. The summed E-state index contributed by atoms with van der Waals surface area (Å²) in [5.41, 5.74) is 0. The molecule has 2 heterocycles. The van der Waals surface area contributed by atoms with Gasteiger partial charge in [0.1, 0.15) is 12.9 Å². The number of nitrogens with zero attached hydrogens (tertiary/aromatic N) is 2. The summed E-state index contributed by atoms with van der Waals surface area (Å²) >= 11 is 0. The highest BCUT2D eigenvalue weighted by molar-refractivity contribution is 5.47. The third-order valence-electron chi connectivity index (χ3n) is 1.96. The molecule has 1 aromatic rings. The number of aromatic nitrogens is 1. The van der Waals surface area contributed by atoms with E-state index in [1.54, 1.807) is 12.5 Å². The number of aliphatic imine (C=N–C) groups is 1. The number of ether oxygens (including phenoxy) is 1. The van der Waals surface area contributed by atoms with Crippen molar-refractivity contribution in [3.8, 4) is 0 Å². The van der Waals surface area contributed by atoms with Crippen LogP contribution in [-0.4, -0.2) is 24.5 Å². The van der Waals surface area contributed by atoms with Crippen LogP contribution >= 0.6 is 0 Å². The minimum atomic E-state index is 0.778. The van der Waals surface area contributed by atoms with E-state index in [1.807, 2.05) is 0 Å². The van der Waals surface area contributed by atoms with Gasteiger partial charge in [-0.25, -0.2) is 4.98 Å². The SMILES string of the molecule is C1=NCCO1.CCCCCc1ncco1. The summed E-state index contributed by atoms with van der Waals surface area (Å²) in [6, 6.07) is 0. The van der Waals surface area contributed by atoms with Crippen LogP contribution in [0.5, 0.6) is 0 Å². The molecule has 4 heteroatoms. The number of hydrogen-bond donors (Lipinski definition) is 0. The van der Waals surface area contributed by atoms with Crippen LogP contribution in [0, 0.1) is 0 Å². The Balaban J connectivity index is 0.000000187. The molecule has 15 heavy (non-hydrogen) atoms. The average molecular weight is 210 g/mol. The Kier molecular flexibility index (Phi) is 6.29. The normalized spacial score (nSPS) is 13.1. The van der Waals surface area contributed by atoms with Gasteiger partial charge >= 0.3 is 0 Å². The first kappa shape index (κ1) is 11.8. The van der Waals surface area contributed by atoms with E-state index in [9.17, 15) is 0 Å². The Bertz CT molecular complexity index is 252. The lowest BCUT2D eigenvalue weighted by atomic mass is 10.2. The van der Waals surface area contributed by atoms with Crippen molar-refractivity contribution in [1.82, 2.24) is 4.98 Å². The Morgan fingerprint density at radius 2 is 2.33 bits per heavy atom. The van der Waals surface area contributed by atoms with Gasteiger partial charge in [0.05, 0.1) is 12.7 Å². The molecule has 1 aliphatic rings. The fourth-order valence-electron chi connectivity index (χ4n) is 1.17. The predicted molar refractivity (Wildman–Crippen MR) is 59.0 cm³/mol. The molecule has 0 spiro atoms. The van der Waals surface area contributed by atoms with E-state index in [0.29, 0.717) is 0 Å². The third kappa shape index (κ3) is 5.88. The number of unbranched alkanes of at least 4 members (excludes halogenated alkanes) is 2. The van der Waals surface area contributed by atoms with E-state index in [-0.39, 0.29) is 0 Å². The molecule has 0 aromatic carbocycles. The van der Waals surface area contributed by atoms with Crippen molar-refractivity contribution in [2.75, 3.05) is 13.2 Å². The van der Waals surface area contributed by atoms with Crippen molar-refractivity contribution in [2.24, 2.45) is 4.99 Å². The Morgan fingerprint density at radius 1 is 1.40 bits per heavy atom. The maximum Gasteiger partial charge on any atom is 0.193 e. The maximum atomic E-state index is 5.07. The molecule has 84 valence electrons. The van der Waals surface area contributed by atoms with Gasteiger partial charge in [-0.05, 0) is 6.42 Å². The Morgan fingerprint density at radius 3 is 2.80 bits per heavy atom. The van der Waals surface area contributed by atoms with E-state index in [1.165, 1.54) is 25.7 Å². The monoisotopic (exact) mass is 210 g/mol. The van der Waals surface area contributed by atoms with Gasteiger partial charge in [0.25, 0.3) is 0 Å². The lowest BCUT2D eigenvalue weighted by Crippen LogP contribution is -1.83. The van der Waals surface area contributed by atoms with Gasteiger partial charge in [-0.2, -0.15) is 0 Å². The van der Waals surface area contributed by atoms with E-state index in [0.717, 1.165) is 25.5 Å². The van der Waals surface area contributed by atoms with Crippen molar-refractivity contribution in [3.63, 3.8) is 0 Å². The molecule has 0 N–H and O–H groups in total. The van der Waals surface area contributed by atoms with Crippen LogP contribution in [-0.2, 0) is 11.2 Å². The maximum absolute atomic E-state index is 5.07. The zero-order valence-corrected chi connectivity index (χ0v) is 9.19. The molecule has 0 amide bonds. The smallest absolute Gasteiger partial charge is 0.193 e. The van der Waals surface area contributed by atoms with Gasteiger partial charge in [-0.3, -0.25) is 4.99 Å². The van der Waals surface area contributed by atoms with Gasteiger partial charge in [-0.1, -0.05) is 19.8 Å². The van der Waals surface area contributed by atoms with Gasteiger partial charge in [0.2, 0.25) is 0 Å². The second-order valence-corrected chi connectivity index (χ2v) is 3.27. The minimum absolute atomic E-state index is 0.778. The number of hydrogen-bond acceptors (Lipinski definition) is 4. The molecule has 0 aliphatic carbocycles. The lowest BCUT2D eigenvalue weighted by molar-refractivity contribution is 0.361. The minimum Gasteiger partial charge on any atom is -0.482 e. The van der Waals surface area contributed by atoms with Crippen molar-refractivity contribution >= 4 is 6.40 Å². The first-order valence-electron chi connectivity index (χ1n) is 5.41. The van der Waals surface area contributed by atoms with Crippen LogP contribution in [0.25, 0.3) is 0 Å². The van der Waals surface area contributed by atoms with Crippen molar-refractivity contribution < 1.29 is 9.15 Å². The lowest BCUT2D eigenvalue weighted by Gasteiger charge is -1.91. The molecule has 2 rings (SSSR count). The fourth-order valence-corrected chi connectivity index (χ4v) is 1.17. The summed E-state index contributed by atoms with van der Waals surface area (Å²) in [5, 5.41) is 0. The Hall–Kier alpha value is -1.32. The second kappa shape index (κ2) is 8.03. The number of aryl methyl sites for hydroxylation is 1. The summed E-state index contributed by atoms with van der Waals surface area (Å²) < 4.78 is 9.72. The third-order valence-corrected chi connectivity index (χ3v) is 1.96. The zero-order valence-electron chi connectivity index (χ0n) is 9.19. The predicted octanol–water partition coefficient (Wildman–Crippen LogP) is 2.45. The van der Waals surface area contributed by atoms with E-state index >= 15 is 0 Å². The highest BCUT2D eigenvalue weighted by atomic mass is 16.5. The van der Waals surface area contributed by atoms with Crippen molar-refractivity contribution in [1.29, 1.82) is 0 Å². The van der Waals surface area contributed by atoms with Crippen molar-refractivity contribution in [2.45, 2.75) is 32.6 Å². The second-order valence-electron chi connectivity index (χ2n) is 3.27. The molecule has 0 atom stereocenters. The molecule has 4 nitrogen and oxygen atoms in total. The summed E-state index contributed by atoms with van der Waals surface area (Å²) in [5.74, 6) is 0.869. The fraction of sp³-hybridized carbons (Fsp3) is 0.636. The van der Waals surface area contributed by atoms with E-state index in [2.05, 4.69) is 21.6 Å². The zero-order chi connectivity index (χ0) is 10.8. The molecule has 0 bridgehead atoms. The summed E-state index contributed by atoms with van der Waals surface area (Å²) in [4.78, 5) is 7.76. The van der Waals surface area contributed by atoms with E-state index < -0.39 is 0 Å². The number of rotatable bonds is 4.